The zero-order valence-electron chi connectivity index (χ0n) is 18.4. The number of nitrogens with zero attached hydrogens (tertiary/aromatic N) is 2. The highest BCUT2D eigenvalue weighted by Crippen LogP contribution is 2.37. The molecule has 0 bridgehead atoms. The van der Waals surface area contributed by atoms with Gasteiger partial charge in [0.05, 0.1) is 5.69 Å². The molecule has 4 heterocycles. The number of amides is 1. The molecule has 3 aromatic rings. The molecule has 172 valence electrons. The van der Waals surface area contributed by atoms with Crippen molar-refractivity contribution in [3.05, 3.63) is 82.6 Å². The van der Waals surface area contributed by atoms with E-state index in [0.29, 0.717) is 42.9 Å². The van der Waals surface area contributed by atoms with Crippen LogP contribution in [0.25, 0.3) is 16.7 Å². The summed E-state index contributed by atoms with van der Waals surface area (Å²) in [5, 5.41) is 9.36. The minimum absolute atomic E-state index is 0.0520. The molecule has 0 aliphatic carbocycles. The predicted octanol–water partition coefficient (Wildman–Crippen LogP) is 3.54. The molecular weight excluding hydrogens is 436 g/mol. The molecule has 0 spiro atoms. The van der Waals surface area contributed by atoms with Crippen LogP contribution in [0.4, 0.5) is 20.3 Å². The molecule has 1 amide bonds. The largest absolute Gasteiger partial charge is 0.367 e. The normalized spacial score (nSPS) is 16.9. The lowest BCUT2D eigenvalue weighted by Crippen LogP contribution is -2.44. The molecule has 34 heavy (non-hydrogen) atoms. The van der Waals surface area contributed by atoms with Gasteiger partial charge in [0, 0.05) is 62.2 Å². The van der Waals surface area contributed by atoms with Crippen molar-refractivity contribution in [2.75, 3.05) is 42.9 Å². The van der Waals surface area contributed by atoms with E-state index < -0.39 is 11.6 Å². The smallest absolute Gasteiger partial charge is 0.251 e. The van der Waals surface area contributed by atoms with E-state index in [4.69, 9.17) is 0 Å². The molecule has 1 saturated heterocycles. The molecule has 3 aliphatic rings. The fourth-order valence-corrected chi connectivity index (χ4v) is 4.88. The number of hydrogen-bond donors (Lipinski definition) is 3. The number of benzene rings is 2. The van der Waals surface area contributed by atoms with Crippen molar-refractivity contribution in [2.24, 2.45) is 0 Å². The van der Waals surface area contributed by atoms with Crippen molar-refractivity contribution in [2.45, 2.75) is 6.54 Å². The lowest BCUT2D eigenvalue weighted by molar-refractivity contribution is 0.0965. The van der Waals surface area contributed by atoms with Gasteiger partial charge in [0.2, 0.25) is 0 Å². The van der Waals surface area contributed by atoms with E-state index in [0.717, 1.165) is 41.2 Å². The highest BCUT2D eigenvalue weighted by molar-refractivity contribution is 5.99. The van der Waals surface area contributed by atoms with E-state index in [-0.39, 0.29) is 11.6 Å². The summed E-state index contributed by atoms with van der Waals surface area (Å²) in [4.78, 5) is 18.4. The number of pyridine rings is 1. The summed E-state index contributed by atoms with van der Waals surface area (Å²) in [6, 6.07) is 10.7. The zero-order chi connectivity index (χ0) is 23.2. The monoisotopic (exact) mass is 459 g/mol. The quantitative estimate of drug-likeness (QED) is 0.559. The molecule has 1 aromatic heterocycles. The molecule has 8 heteroatoms. The van der Waals surface area contributed by atoms with Gasteiger partial charge in [0.1, 0.15) is 5.82 Å². The number of aromatic nitrogens is 1. The maximum atomic E-state index is 14.7. The summed E-state index contributed by atoms with van der Waals surface area (Å²) in [7, 11) is 0. The van der Waals surface area contributed by atoms with Crippen LogP contribution >= 0.6 is 0 Å². The molecule has 3 N–H and O–H groups in total. The summed E-state index contributed by atoms with van der Waals surface area (Å²) in [5.41, 5.74) is 6.10. The number of fused-ring (bicyclic) bond motifs is 2. The number of halogens is 2. The standard InChI is InChI=1S/C26H23F2N5O/c27-22-11-16(12-23(24(22)28)33-7-5-29-6-8-33)17-10-21-19(3-4-30-25(21)31-13-17)15-1-2-20-18(9-15)14-32-26(20)34/h1-3,9-13,29H,4-8,14H2,(H,30,31)(H,32,34). The number of hydrogen-bond acceptors (Lipinski definition) is 5. The summed E-state index contributed by atoms with van der Waals surface area (Å²) < 4.78 is 29.3. The lowest BCUT2D eigenvalue weighted by Gasteiger charge is -2.30. The lowest BCUT2D eigenvalue weighted by atomic mass is 9.92. The maximum Gasteiger partial charge on any atom is 0.251 e. The van der Waals surface area contributed by atoms with E-state index in [1.165, 1.54) is 6.07 Å². The molecule has 0 radical (unpaired) electrons. The Labute approximate surface area is 195 Å². The molecule has 6 nitrogen and oxygen atoms in total. The van der Waals surface area contributed by atoms with Gasteiger partial charge in [-0.05, 0) is 52.6 Å². The van der Waals surface area contributed by atoms with Gasteiger partial charge < -0.3 is 20.9 Å². The van der Waals surface area contributed by atoms with Crippen LogP contribution in [-0.4, -0.2) is 43.6 Å². The molecule has 3 aliphatic heterocycles. The Morgan fingerprint density at radius 2 is 1.76 bits per heavy atom. The minimum atomic E-state index is -0.867. The highest BCUT2D eigenvalue weighted by atomic mass is 19.2. The molecule has 0 saturated carbocycles. The van der Waals surface area contributed by atoms with Gasteiger partial charge >= 0.3 is 0 Å². The number of anilines is 2. The Balaban J connectivity index is 1.41. The first kappa shape index (κ1) is 20.8. The topological polar surface area (TPSA) is 69.3 Å². The van der Waals surface area contributed by atoms with Gasteiger partial charge in [0.15, 0.2) is 11.6 Å². The third kappa shape index (κ3) is 3.51. The van der Waals surface area contributed by atoms with E-state index in [9.17, 15) is 13.6 Å². The number of nitrogens with one attached hydrogen (secondary N) is 3. The Morgan fingerprint density at radius 3 is 2.62 bits per heavy atom. The van der Waals surface area contributed by atoms with Crippen LogP contribution < -0.4 is 20.9 Å². The van der Waals surface area contributed by atoms with Gasteiger partial charge in [-0.2, -0.15) is 0 Å². The first-order valence-electron chi connectivity index (χ1n) is 11.4. The Kier molecular flexibility index (Phi) is 5.03. The summed E-state index contributed by atoms with van der Waals surface area (Å²) in [5.74, 6) is -1.00. The fraction of sp³-hybridized carbons (Fsp3) is 0.231. The Morgan fingerprint density at radius 1 is 0.912 bits per heavy atom. The minimum Gasteiger partial charge on any atom is -0.367 e. The van der Waals surface area contributed by atoms with E-state index in [2.05, 4.69) is 27.0 Å². The summed E-state index contributed by atoms with van der Waals surface area (Å²) in [6.07, 6.45) is 3.77. The van der Waals surface area contributed by atoms with Crippen LogP contribution in [-0.2, 0) is 6.54 Å². The SMILES string of the molecule is O=C1NCc2cc(C3=CCNc4ncc(-c5cc(F)c(F)c(N6CCNCC6)c5)cc43)ccc21. The van der Waals surface area contributed by atoms with Crippen LogP contribution in [0.1, 0.15) is 27.0 Å². The van der Waals surface area contributed by atoms with E-state index >= 15 is 0 Å². The predicted molar refractivity (Wildman–Crippen MR) is 128 cm³/mol. The number of rotatable bonds is 3. The summed E-state index contributed by atoms with van der Waals surface area (Å²) in [6.45, 7) is 3.84. The maximum absolute atomic E-state index is 14.7. The van der Waals surface area contributed by atoms with Gasteiger partial charge in [-0.1, -0.05) is 12.1 Å². The molecule has 0 unspecified atom stereocenters. The number of carbonyl (C=O) groups is 1. The second-order valence-electron chi connectivity index (χ2n) is 8.70. The van der Waals surface area contributed by atoms with Crippen LogP contribution in [0.3, 0.4) is 0 Å². The van der Waals surface area contributed by atoms with Crippen LogP contribution in [0.15, 0.2) is 48.7 Å². The van der Waals surface area contributed by atoms with Crippen molar-refractivity contribution in [3.63, 3.8) is 0 Å². The molecule has 1 fully saturated rings. The molecule has 0 atom stereocenters. The Bertz CT molecular complexity index is 1350. The van der Waals surface area contributed by atoms with Crippen molar-refractivity contribution in [1.29, 1.82) is 0 Å². The number of carbonyl (C=O) groups excluding carboxylic acids is 1. The van der Waals surface area contributed by atoms with Crippen molar-refractivity contribution >= 4 is 23.0 Å². The van der Waals surface area contributed by atoms with Crippen molar-refractivity contribution < 1.29 is 13.6 Å². The second-order valence-corrected chi connectivity index (χ2v) is 8.70. The van der Waals surface area contributed by atoms with Gasteiger partial charge in [-0.25, -0.2) is 13.8 Å². The fourth-order valence-electron chi connectivity index (χ4n) is 4.88. The second kappa shape index (κ2) is 8.22. The molecule has 6 rings (SSSR count). The van der Waals surface area contributed by atoms with Crippen LogP contribution in [0.5, 0.6) is 0 Å². The van der Waals surface area contributed by atoms with E-state index in [1.807, 2.05) is 29.2 Å². The van der Waals surface area contributed by atoms with Gasteiger partial charge in [-0.3, -0.25) is 4.79 Å². The van der Waals surface area contributed by atoms with Crippen LogP contribution in [0.2, 0.25) is 0 Å². The molecule has 2 aromatic carbocycles. The first-order valence-corrected chi connectivity index (χ1v) is 11.4. The number of piperazine rings is 1. The first-order chi connectivity index (χ1) is 16.6. The van der Waals surface area contributed by atoms with Crippen LogP contribution in [0, 0.1) is 11.6 Å². The molecular formula is C26H23F2N5O. The third-order valence-electron chi connectivity index (χ3n) is 6.65. The van der Waals surface area contributed by atoms with E-state index in [1.54, 1.807) is 12.3 Å². The van der Waals surface area contributed by atoms with Gasteiger partial charge in [-0.15, -0.1) is 0 Å². The third-order valence-corrected chi connectivity index (χ3v) is 6.65. The van der Waals surface area contributed by atoms with Crippen molar-refractivity contribution in [3.8, 4) is 11.1 Å². The summed E-state index contributed by atoms with van der Waals surface area (Å²) >= 11 is 0. The van der Waals surface area contributed by atoms with Crippen molar-refractivity contribution in [1.82, 2.24) is 15.6 Å². The van der Waals surface area contributed by atoms with Gasteiger partial charge in [0.25, 0.3) is 5.91 Å². The average molecular weight is 460 g/mol. The average Bonchev–Trinajstić information content (AvgIpc) is 3.25. The zero-order valence-corrected chi connectivity index (χ0v) is 18.4. The highest BCUT2D eigenvalue weighted by Gasteiger charge is 2.23. The Hall–Kier alpha value is -3.78.